The number of nitrogens with zero attached hydrogens (tertiary/aromatic N) is 1. The molecule has 126 valence electrons. The minimum atomic E-state index is -0.0539. The molecular formula is C18H26N2O2S. The standard InChI is InChI=1S/C18H26N2O2S/c1-13-6-2-3-8-15(13)19-17(21)14-7-4-10-20(12-14)18(22)16-9-5-11-23-16/h5,9,11,13-15H,2-4,6-8,10,12H2,1H3,(H,19,21). The predicted octanol–water partition coefficient (Wildman–Crippen LogP) is 3.30. The molecule has 2 aliphatic rings. The van der Waals surface area contributed by atoms with Crippen LogP contribution in [0.25, 0.3) is 0 Å². The Kier molecular flexibility index (Phi) is 5.36. The van der Waals surface area contributed by atoms with Crippen LogP contribution in [0.2, 0.25) is 0 Å². The maximum atomic E-state index is 12.6. The summed E-state index contributed by atoms with van der Waals surface area (Å²) in [6, 6.07) is 4.08. The third kappa shape index (κ3) is 3.94. The molecular weight excluding hydrogens is 308 g/mol. The van der Waals surface area contributed by atoms with Crippen molar-refractivity contribution in [3.05, 3.63) is 22.4 Å². The van der Waals surface area contributed by atoms with Crippen LogP contribution in [0.4, 0.5) is 0 Å². The average molecular weight is 334 g/mol. The lowest BCUT2D eigenvalue weighted by molar-refractivity contribution is -0.127. The quantitative estimate of drug-likeness (QED) is 0.922. The van der Waals surface area contributed by atoms with Gasteiger partial charge in [0.15, 0.2) is 0 Å². The number of carbonyl (C=O) groups is 2. The Morgan fingerprint density at radius 2 is 2.04 bits per heavy atom. The largest absolute Gasteiger partial charge is 0.353 e. The zero-order valence-corrected chi connectivity index (χ0v) is 14.6. The van der Waals surface area contributed by atoms with Crippen LogP contribution in [0.1, 0.15) is 55.1 Å². The first-order valence-corrected chi connectivity index (χ1v) is 9.66. The lowest BCUT2D eigenvalue weighted by Gasteiger charge is -2.35. The second-order valence-corrected chi connectivity index (χ2v) is 7.89. The summed E-state index contributed by atoms with van der Waals surface area (Å²) in [6.07, 6.45) is 6.59. The molecule has 23 heavy (non-hydrogen) atoms. The Morgan fingerprint density at radius 3 is 2.78 bits per heavy atom. The van der Waals surface area contributed by atoms with E-state index < -0.39 is 0 Å². The van der Waals surface area contributed by atoms with E-state index in [4.69, 9.17) is 0 Å². The zero-order chi connectivity index (χ0) is 16.2. The maximum absolute atomic E-state index is 12.6. The molecule has 1 aliphatic carbocycles. The van der Waals surface area contributed by atoms with E-state index in [1.807, 2.05) is 22.4 Å². The fraction of sp³-hybridized carbons (Fsp3) is 0.667. The van der Waals surface area contributed by atoms with Crippen molar-refractivity contribution in [3.8, 4) is 0 Å². The average Bonchev–Trinajstić information content (AvgIpc) is 3.11. The van der Waals surface area contributed by atoms with Crippen LogP contribution in [0.3, 0.4) is 0 Å². The minimum absolute atomic E-state index is 0.0539. The van der Waals surface area contributed by atoms with Gasteiger partial charge in [-0.1, -0.05) is 25.8 Å². The van der Waals surface area contributed by atoms with Gasteiger partial charge in [-0.2, -0.15) is 0 Å². The number of thiophene rings is 1. The number of piperidine rings is 1. The number of likely N-dealkylation sites (tertiary alicyclic amines) is 1. The Hall–Kier alpha value is -1.36. The van der Waals surface area contributed by atoms with Gasteiger partial charge < -0.3 is 10.2 Å². The van der Waals surface area contributed by atoms with Crippen molar-refractivity contribution in [2.45, 2.75) is 51.5 Å². The molecule has 3 atom stereocenters. The van der Waals surface area contributed by atoms with Gasteiger partial charge in [0.1, 0.15) is 0 Å². The van der Waals surface area contributed by atoms with Crippen LogP contribution in [0.15, 0.2) is 17.5 Å². The van der Waals surface area contributed by atoms with Crippen LogP contribution >= 0.6 is 11.3 Å². The highest BCUT2D eigenvalue weighted by atomic mass is 32.1. The number of carbonyl (C=O) groups excluding carboxylic acids is 2. The molecule has 1 saturated carbocycles. The normalized spacial score (nSPS) is 28.4. The molecule has 0 radical (unpaired) electrons. The van der Waals surface area contributed by atoms with Crippen LogP contribution in [0.5, 0.6) is 0 Å². The summed E-state index contributed by atoms with van der Waals surface area (Å²) in [5, 5.41) is 5.18. The molecule has 1 aromatic heterocycles. The number of hydrogen-bond acceptors (Lipinski definition) is 3. The van der Waals surface area contributed by atoms with Crippen molar-refractivity contribution in [2.75, 3.05) is 13.1 Å². The monoisotopic (exact) mass is 334 g/mol. The summed E-state index contributed by atoms with van der Waals surface area (Å²) in [7, 11) is 0. The van der Waals surface area contributed by atoms with Crippen molar-refractivity contribution >= 4 is 23.2 Å². The number of rotatable bonds is 3. The van der Waals surface area contributed by atoms with Gasteiger partial charge in [-0.25, -0.2) is 0 Å². The molecule has 0 aromatic carbocycles. The van der Waals surface area contributed by atoms with Gasteiger partial charge >= 0.3 is 0 Å². The van der Waals surface area contributed by atoms with E-state index in [2.05, 4.69) is 12.2 Å². The summed E-state index contributed by atoms with van der Waals surface area (Å²) in [6.45, 7) is 3.56. The topological polar surface area (TPSA) is 49.4 Å². The van der Waals surface area contributed by atoms with Gasteiger partial charge in [0.2, 0.25) is 5.91 Å². The van der Waals surface area contributed by atoms with E-state index in [1.54, 1.807) is 0 Å². The highest BCUT2D eigenvalue weighted by molar-refractivity contribution is 7.12. The summed E-state index contributed by atoms with van der Waals surface area (Å²) in [4.78, 5) is 27.7. The van der Waals surface area contributed by atoms with Crippen molar-refractivity contribution in [1.29, 1.82) is 0 Å². The van der Waals surface area contributed by atoms with Crippen molar-refractivity contribution in [3.63, 3.8) is 0 Å². The Balaban J connectivity index is 1.57. The predicted molar refractivity (Wildman–Crippen MR) is 92.5 cm³/mol. The van der Waals surface area contributed by atoms with E-state index in [0.29, 0.717) is 18.5 Å². The van der Waals surface area contributed by atoms with Crippen LogP contribution < -0.4 is 5.32 Å². The molecule has 3 unspecified atom stereocenters. The number of hydrogen-bond donors (Lipinski definition) is 1. The van der Waals surface area contributed by atoms with Crippen LogP contribution in [0, 0.1) is 11.8 Å². The van der Waals surface area contributed by atoms with E-state index in [9.17, 15) is 9.59 Å². The van der Waals surface area contributed by atoms with Gasteiger partial charge in [-0.3, -0.25) is 9.59 Å². The van der Waals surface area contributed by atoms with Gasteiger partial charge in [0.25, 0.3) is 5.91 Å². The van der Waals surface area contributed by atoms with E-state index in [-0.39, 0.29) is 17.7 Å². The summed E-state index contributed by atoms with van der Waals surface area (Å²) in [5.41, 5.74) is 0. The Morgan fingerprint density at radius 1 is 1.22 bits per heavy atom. The Labute approximate surface area is 142 Å². The van der Waals surface area contributed by atoms with Gasteiger partial charge in [0, 0.05) is 19.1 Å². The third-order valence-electron chi connectivity index (χ3n) is 5.25. The highest BCUT2D eigenvalue weighted by Crippen LogP contribution is 2.25. The summed E-state index contributed by atoms with van der Waals surface area (Å²) in [5.74, 6) is 0.734. The number of nitrogens with one attached hydrogen (secondary N) is 1. The lowest BCUT2D eigenvalue weighted by atomic mass is 9.85. The highest BCUT2D eigenvalue weighted by Gasteiger charge is 2.31. The molecule has 5 heteroatoms. The van der Waals surface area contributed by atoms with Crippen LogP contribution in [-0.2, 0) is 4.79 Å². The van der Waals surface area contributed by atoms with Crippen LogP contribution in [-0.4, -0.2) is 35.8 Å². The minimum Gasteiger partial charge on any atom is -0.353 e. The first-order valence-electron chi connectivity index (χ1n) is 8.78. The Bertz CT molecular complexity index is 543. The second-order valence-electron chi connectivity index (χ2n) is 6.94. The van der Waals surface area contributed by atoms with Gasteiger partial charge in [-0.15, -0.1) is 11.3 Å². The first-order chi connectivity index (χ1) is 11.1. The fourth-order valence-electron chi connectivity index (χ4n) is 3.76. The fourth-order valence-corrected chi connectivity index (χ4v) is 4.45. The molecule has 1 aliphatic heterocycles. The summed E-state index contributed by atoms with van der Waals surface area (Å²) >= 11 is 1.47. The maximum Gasteiger partial charge on any atom is 0.263 e. The molecule has 2 fully saturated rings. The van der Waals surface area contributed by atoms with Gasteiger partial charge in [0.05, 0.1) is 10.8 Å². The lowest BCUT2D eigenvalue weighted by Crippen LogP contribution is -2.49. The van der Waals surface area contributed by atoms with Gasteiger partial charge in [-0.05, 0) is 43.0 Å². The second kappa shape index (κ2) is 7.47. The molecule has 0 bridgehead atoms. The van der Waals surface area contributed by atoms with E-state index in [0.717, 1.165) is 30.7 Å². The van der Waals surface area contributed by atoms with E-state index in [1.165, 1.54) is 30.6 Å². The first kappa shape index (κ1) is 16.5. The van der Waals surface area contributed by atoms with Crippen molar-refractivity contribution < 1.29 is 9.59 Å². The molecule has 1 aromatic rings. The SMILES string of the molecule is CC1CCCCC1NC(=O)C1CCCN(C(=O)c2cccs2)C1. The smallest absolute Gasteiger partial charge is 0.263 e. The van der Waals surface area contributed by atoms with E-state index >= 15 is 0 Å². The molecule has 2 heterocycles. The molecule has 4 nitrogen and oxygen atoms in total. The van der Waals surface area contributed by atoms with Crippen molar-refractivity contribution in [2.24, 2.45) is 11.8 Å². The zero-order valence-electron chi connectivity index (χ0n) is 13.8. The summed E-state index contributed by atoms with van der Waals surface area (Å²) < 4.78 is 0. The molecule has 1 N–H and O–H groups in total. The third-order valence-corrected chi connectivity index (χ3v) is 6.11. The molecule has 3 rings (SSSR count). The molecule has 0 spiro atoms. The molecule has 1 saturated heterocycles. The molecule has 2 amide bonds. The van der Waals surface area contributed by atoms with Crippen molar-refractivity contribution in [1.82, 2.24) is 10.2 Å². The number of amides is 2.